The molecule has 0 aliphatic carbocycles. The van der Waals surface area contributed by atoms with Crippen LogP contribution in [0, 0.1) is 5.92 Å². The summed E-state index contributed by atoms with van der Waals surface area (Å²) < 4.78 is 23.7. The van der Waals surface area contributed by atoms with Crippen LogP contribution < -0.4 is 5.32 Å². The van der Waals surface area contributed by atoms with Crippen LogP contribution in [0.5, 0.6) is 0 Å². The maximum atomic E-state index is 12.5. The molecule has 1 amide bonds. The number of sulfone groups is 1. The van der Waals surface area contributed by atoms with Gasteiger partial charge in [-0.1, -0.05) is 43.3 Å². The van der Waals surface area contributed by atoms with Gasteiger partial charge in [0, 0.05) is 19.3 Å². The SMILES string of the molecule is CC1CCN(Cc2ccc(CNC(=O)c3ccccc3S(C)(=O)=O)cc2)CC1. The Bertz CT molecular complexity index is 915. The van der Waals surface area contributed by atoms with Gasteiger partial charge in [-0.2, -0.15) is 0 Å². The zero-order valence-electron chi connectivity index (χ0n) is 16.5. The predicted molar refractivity (Wildman–Crippen MR) is 111 cm³/mol. The highest BCUT2D eigenvalue weighted by molar-refractivity contribution is 7.90. The fourth-order valence-electron chi connectivity index (χ4n) is 3.50. The molecule has 0 aromatic heterocycles. The van der Waals surface area contributed by atoms with Crippen LogP contribution in [-0.4, -0.2) is 38.6 Å². The van der Waals surface area contributed by atoms with Gasteiger partial charge in [-0.05, 0) is 55.1 Å². The van der Waals surface area contributed by atoms with Gasteiger partial charge in [0.25, 0.3) is 5.91 Å². The maximum Gasteiger partial charge on any atom is 0.252 e. The minimum atomic E-state index is -3.45. The van der Waals surface area contributed by atoms with E-state index in [1.54, 1.807) is 12.1 Å². The second-order valence-corrected chi connectivity index (χ2v) is 9.71. The number of hydrogen-bond donors (Lipinski definition) is 1. The minimum absolute atomic E-state index is 0.0543. The first-order valence-electron chi connectivity index (χ1n) is 9.70. The number of benzene rings is 2. The molecule has 0 saturated carbocycles. The van der Waals surface area contributed by atoms with E-state index in [2.05, 4.69) is 29.3 Å². The third-order valence-electron chi connectivity index (χ3n) is 5.29. The van der Waals surface area contributed by atoms with E-state index in [-0.39, 0.29) is 16.4 Å². The Morgan fingerprint density at radius 2 is 1.64 bits per heavy atom. The summed E-state index contributed by atoms with van der Waals surface area (Å²) in [6.07, 6.45) is 3.64. The number of rotatable bonds is 6. The van der Waals surface area contributed by atoms with Gasteiger partial charge in [0.05, 0.1) is 10.5 Å². The summed E-state index contributed by atoms with van der Waals surface area (Å²) in [5.41, 5.74) is 2.44. The number of piperidine rings is 1. The van der Waals surface area contributed by atoms with Gasteiger partial charge < -0.3 is 5.32 Å². The zero-order chi connectivity index (χ0) is 20.1. The van der Waals surface area contributed by atoms with E-state index in [0.29, 0.717) is 6.54 Å². The molecule has 0 bridgehead atoms. The molecule has 0 radical (unpaired) electrons. The third kappa shape index (κ3) is 5.42. The van der Waals surface area contributed by atoms with Gasteiger partial charge in [-0.25, -0.2) is 8.42 Å². The topological polar surface area (TPSA) is 66.5 Å². The van der Waals surface area contributed by atoms with Gasteiger partial charge in [-0.3, -0.25) is 9.69 Å². The number of nitrogens with one attached hydrogen (secondary N) is 1. The number of nitrogens with zero attached hydrogens (tertiary/aromatic N) is 1. The Balaban J connectivity index is 1.57. The molecule has 2 aromatic rings. The second-order valence-electron chi connectivity index (χ2n) is 7.73. The average Bonchev–Trinajstić information content (AvgIpc) is 2.68. The van der Waals surface area contributed by atoms with Gasteiger partial charge in [0.2, 0.25) is 0 Å². The Kier molecular flexibility index (Phi) is 6.52. The molecule has 2 aromatic carbocycles. The lowest BCUT2D eigenvalue weighted by atomic mass is 9.99. The number of amides is 1. The largest absolute Gasteiger partial charge is 0.348 e. The van der Waals surface area contributed by atoms with Gasteiger partial charge in [0.15, 0.2) is 9.84 Å². The molecule has 1 N–H and O–H groups in total. The van der Waals surface area contributed by atoms with Crippen molar-refractivity contribution >= 4 is 15.7 Å². The van der Waals surface area contributed by atoms with Crippen LogP contribution in [0.15, 0.2) is 53.4 Å². The summed E-state index contributed by atoms with van der Waals surface area (Å²) in [5, 5.41) is 2.82. The van der Waals surface area contributed by atoms with Crippen LogP contribution in [0.2, 0.25) is 0 Å². The first-order valence-corrected chi connectivity index (χ1v) is 11.6. The van der Waals surface area contributed by atoms with Crippen molar-refractivity contribution in [2.75, 3.05) is 19.3 Å². The average molecular weight is 401 g/mol. The Labute approximate surface area is 167 Å². The molecule has 1 heterocycles. The Morgan fingerprint density at radius 3 is 2.29 bits per heavy atom. The van der Waals surface area contributed by atoms with Crippen LogP contribution in [-0.2, 0) is 22.9 Å². The normalized spacial score (nSPS) is 16.1. The van der Waals surface area contributed by atoms with Gasteiger partial charge in [0.1, 0.15) is 0 Å². The summed E-state index contributed by atoms with van der Waals surface area (Å²) in [6, 6.07) is 14.5. The van der Waals surface area contributed by atoms with Crippen molar-refractivity contribution in [3.05, 3.63) is 65.2 Å². The van der Waals surface area contributed by atoms with E-state index in [9.17, 15) is 13.2 Å². The standard InChI is InChI=1S/C22H28N2O3S/c1-17-11-13-24(14-12-17)16-19-9-7-18(8-10-19)15-23-22(25)20-5-3-4-6-21(20)28(2,26)27/h3-10,17H,11-16H2,1-2H3,(H,23,25). The first-order chi connectivity index (χ1) is 13.3. The summed E-state index contributed by atoms with van der Waals surface area (Å²) in [6.45, 7) is 5.94. The van der Waals surface area contributed by atoms with Crippen molar-refractivity contribution in [1.29, 1.82) is 0 Å². The molecule has 6 heteroatoms. The molecule has 1 saturated heterocycles. The van der Waals surface area contributed by atoms with E-state index in [0.717, 1.165) is 37.4 Å². The molecule has 0 unspecified atom stereocenters. The highest BCUT2D eigenvalue weighted by atomic mass is 32.2. The number of carbonyl (C=O) groups excluding carboxylic acids is 1. The molecular weight excluding hydrogens is 372 g/mol. The molecule has 28 heavy (non-hydrogen) atoms. The van der Waals surface area contributed by atoms with E-state index in [1.165, 1.54) is 30.5 Å². The van der Waals surface area contributed by atoms with Crippen LogP contribution in [0.4, 0.5) is 0 Å². The Morgan fingerprint density at radius 1 is 1.04 bits per heavy atom. The number of carbonyl (C=O) groups is 1. The van der Waals surface area contributed by atoms with Crippen LogP contribution >= 0.6 is 0 Å². The lowest BCUT2D eigenvalue weighted by Gasteiger charge is -2.30. The molecule has 1 fully saturated rings. The van der Waals surface area contributed by atoms with Crippen LogP contribution in [0.3, 0.4) is 0 Å². The van der Waals surface area contributed by atoms with Crippen LogP contribution in [0.1, 0.15) is 41.3 Å². The third-order valence-corrected chi connectivity index (χ3v) is 6.44. The highest BCUT2D eigenvalue weighted by Crippen LogP contribution is 2.19. The highest BCUT2D eigenvalue weighted by Gasteiger charge is 2.18. The van der Waals surface area contributed by atoms with E-state index in [1.807, 2.05) is 12.1 Å². The molecule has 3 rings (SSSR count). The monoisotopic (exact) mass is 400 g/mol. The molecule has 0 spiro atoms. The molecular formula is C22H28N2O3S. The number of hydrogen-bond acceptors (Lipinski definition) is 4. The fourth-order valence-corrected chi connectivity index (χ4v) is 4.38. The smallest absolute Gasteiger partial charge is 0.252 e. The lowest BCUT2D eigenvalue weighted by Crippen LogP contribution is -2.32. The second kappa shape index (κ2) is 8.88. The van der Waals surface area contributed by atoms with Crippen molar-refractivity contribution in [3.8, 4) is 0 Å². The lowest BCUT2D eigenvalue weighted by molar-refractivity contribution is 0.0947. The van der Waals surface area contributed by atoms with Crippen molar-refractivity contribution < 1.29 is 13.2 Å². The van der Waals surface area contributed by atoms with E-state index in [4.69, 9.17) is 0 Å². The first kappa shape index (κ1) is 20.6. The fraction of sp³-hybridized carbons (Fsp3) is 0.409. The van der Waals surface area contributed by atoms with Crippen LogP contribution in [0.25, 0.3) is 0 Å². The minimum Gasteiger partial charge on any atom is -0.348 e. The zero-order valence-corrected chi connectivity index (χ0v) is 17.3. The predicted octanol–water partition coefficient (Wildman–Crippen LogP) is 3.25. The summed E-state index contributed by atoms with van der Waals surface area (Å²) in [7, 11) is -3.45. The molecule has 1 aliphatic heterocycles. The molecule has 0 atom stereocenters. The molecule has 150 valence electrons. The molecule has 5 nitrogen and oxygen atoms in total. The van der Waals surface area contributed by atoms with Crippen molar-refractivity contribution in [1.82, 2.24) is 10.2 Å². The maximum absolute atomic E-state index is 12.5. The summed E-state index contributed by atoms with van der Waals surface area (Å²) >= 11 is 0. The summed E-state index contributed by atoms with van der Waals surface area (Å²) in [5.74, 6) is 0.447. The van der Waals surface area contributed by atoms with E-state index < -0.39 is 9.84 Å². The van der Waals surface area contributed by atoms with Gasteiger partial charge in [-0.15, -0.1) is 0 Å². The van der Waals surface area contributed by atoms with Crippen molar-refractivity contribution in [2.24, 2.45) is 5.92 Å². The van der Waals surface area contributed by atoms with Crippen molar-refractivity contribution in [3.63, 3.8) is 0 Å². The summed E-state index contributed by atoms with van der Waals surface area (Å²) in [4.78, 5) is 15.0. The quantitative estimate of drug-likeness (QED) is 0.808. The molecule has 1 aliphatic rings. The number of likely N-dealkylation sites (tertiary alicyclic amines) is 1. The van der Waals surface area contributed by atoms with Gasteiger partial charge >= 0.3 is 0 Å². The van der Waals surface area contributed by atoms with Crippen molar-refractivity contribution in [2.45, 2.75) is 37.8 Å². The van der Waals surface area contributed by atoms with E-state index >= 15 is 0 Å². The Hall–Kier alpha value is -2.18.